The number of carboxylic acid groups (broad SMARTS) is 1. The predicted molar refractivity (Wildman–Crippen MR) is 91.5 cm³/mol. The standard InChI is InChI=1S/C18H27NO5/c1-17(2,3)15(24-18(4,5)6)13(19-16(22)23)14(21)11-7-9-12(20)10-8-11/h7-10,13,15,19-20H,1-6H3,(H,22,23)/t13?,15-/m0/s1. The number of benzene rings is 1. The van der Waals surface area contributed by atoms with Gasteiger partial charge in [-0.25, -0.2) is 4.79 Å². The van der Waals surface area contributed by atoms with Gasteiger partial charge in [-0.1, -0.05) is 20.8 Å². The van der Waals surface area contributed by atoms with Gasteiger partial charge in [-0.3, -0.25) is 4.79 Å². The van der Waals surface area contributed by atoms with Gasteiger partial charge in [-0.05, 0) is 50.5 Å². The molecule has 1 amide bonds. The fourth-order valence-electron chi connectivity index (χ4n) is 2.34. The third-order valence-corrected chi connectivity index (χ3v) is 3.35. The van der Waals surface area contributed by atoms with Crippen molar-refractivity contribution in [1.29, 1.82) is 0 Å². The molecule has 0 heterocycles. The summed E-state index contributed by atoms with van der Waals surface area (Å²) in [5.74, 6) is -0.366. The van der Waals surface area contributed by atoms with Crippen LogP contribution in [0.15, 0.2) is 24.3 Å². The fraction of sp³-hybridized carbons (Fsp3) is 0.556. The van der Waals surface area contributed by atoms with Crippen LogP contribution in [0.3, 0.4) is 0 Å². The molecule has 134 valence electrons. The summed E-state index contributed by atoms with van der Waals surface area (Å²) in [7, 11) is 0. The number of amides is 1. The van der Waals surface area contributed by atoms with Crippen molar-refractivity contribution in [3.63, 3.8) is 0 Å². The zero-order valence-corrected chi connectivity index (χ0v) is 15.1. The Balaban J connectivity index is 3.27. The molecule has 1 rings (SSSR count). The van der Waals surface area contributed by atoms with Crippen LogP contribution in [0.5, 0.6) is 5.75 Å². The molecule has 0 saturated heterocycles. The van der Waals surface area contributed by atoms with Crippen LogP contribution >= 0.6 is 0 Å². The molecule has 6 nitrogen and oxygen atoms in total. The summed E-state index contributed by atoms with van der Waals surface area (Å²) in [5.41, 5.74) is -0.725. The lowest BCUT2D eigenvalue weighted by molar-refractivity contribution is -0.113. The van der Waals surface area contributed by atoms with Crippen molar-refractivity contribution in [2.24, 2.45) is 5.41 Å². The maximum absolute atomic E-state index is 12.9. The molecular weight excluding hydrogens is 310 g/mol. The zero-order chi connectivity index (χ0) is 18.7. The first-order chi connectivity index (χ1) is 10.8. The highest BCUT2D eigenvalue weighted by atomic mass is 16.5. The van der Waals surface area contributed by atoms with Crippen molar-refractivity contribution in [3.05, 3.63) is 29.8 Å². The zero-order valence-electron chi connectivity index (χ0n) is 15.1. The third-order valence-electron chi connectivity index (χ3n) is 3.35. The van der Waals surface area contributed by atoms with Crippen molar-refractivity contribution in [2.75, 3.05) is 0 Å². The van der Waals surface area contributed by atoms with Crippen molar-refractivity contribution in [1.82, 2.24) is 5.32 Å². The first-order valence-electron chi connectivity index (χ1n) is 7.82. The number of carbonyl (C=O) groups is 2. The summed E-state index contributed by atoms with van der Waals surface area (Å²) in [6.07, 6.45) is -1.96. The highest BCUT2D eigenvalue weighted by molar-refractivity contribution is 6.02. The van der Waals surface area contributed by atoms with Crippen molar-refractivity contribution < 1.29 is 24.5 Å². The number of nitrogens with one attached hydrogen (secondary N) is 1. The largest absolute Gasteiger partial charge is 0.508 e. The molecule has 0 fully saturated rings. The van der Waals surface area contributed by atoms with E-state index in [1.54, 1.807) is 0 Å². The van der Waals surface area contributed by atoms with E-state index in [4.69, 9.17) is 4.74 Å². The third kappa shape index (κ3) is 5.85. The molecule has 2 atom stereocenters. The Bertz CT molecular complexity index is 581. The van der Waals surface area contributed by atoms with Gasteiger partial charge in [0.05, 0.1) is 11.7 Å². The van der Waals surface area contributed by atoms with Crippen molar-refractivity contribution >= 4 is 11.9 Å². The Kier molecular flexibility index (Phi) is 6.00. The van der Waals surface area contributed by atoms with Gasteiger partial charge in [-0.2, -0.15) is 0 Å². The van der Waals surface area contributed by atoms with E-state index in [2.05, 4.69) is 5.32 Å². The summed E-state index contributed by atoms with van der Waals surface area (Å²) in [6.45, 7) is 11.2. The molecule has 0 spiro atoms. The number of aromatic hydroxyl groups is 1. The van der Waals surface area contributed by atoms with Crippen LogP contribution in [-0.2, 0) is 4.74 Å². The van der Waals surface area contributed by atoms with Gasteiger partial charge in [0, 0.05) is 5.56 Å². The highest BCUT2D eigenvalue weighted by Gasteiger charge is 2.41. The molecule has 0 radical (unpaired) electrons. The quantitative estimate of drug-likeness (QED) is 0.715. The second kappa shape index (κ2) is 7.21. The van der Waals surface area contributed by atoms with Gasteiger partial charge in [-0.15, -0.1) is 0 Å². The SMILES string of the molecule is CC(C)(C)O[C@@H](C(NC(=O)O)C(=O)c1ccc(O)cc1)C(C)(C)C. The first kappa shape index (κ1) is 20.0. The summed E-state index contributed by atoms with van der Waals surface area (Å²) in [5, 5.41) is 20.8. The molecule has 6 heteroatoms. The molecule has 24 heavy (non-hydrogen) atoms. The Morgan fingerprint density at radius 2 is 1.54 bits per heavy atom. The summed E-state index contributed by atoms with van der Waals surface area (Å²) >= 11 is 0. The Labute approximate surface area is 142 Å². The molecule has 1 unspecified atom stereocenters. The minimum atomic E-state index is -1.29. The molecule has 0 aliphatic heterocycles. The molecule has 1 aromatic rings. The van der Waals surface area contributed by atoms with Gasteiger partial charge >= 0.3 is 6.09 Å². The highest BCUT2D eigenvalue weighted by Crippen LogP contribution is 2.30. The van der Waals surface area contributed by atoms with E-state index in [1.807, 2.05) is 41.5 Å². The minimum absolute atomic E-state index is 0.0348. The maximum atomic E-state index is 12.9. The molecular formula is C18H27NO5. The smallest absolute Gasteiger partial charge is 0.405 e. The number of ketones is 1. The van der Waals surface area contributed by atoms with E-state index in [9.17, 15) is 19.8 Å². The number of ether oxygens (including phenoxy) is 1. The van der Waals surface area contributed by atoms with E-state index < -0.39 is 35.0 Å². The van der Waals surface area contributed by atoms with Crippen LogP contribution in [0, 0.1) is 5.41 Å². The number of rotatable bonds is 5. The number of hydrogen-bond acceptors (Lipinski definition) is 4. The second-order valence-electron chi connectivity index (χ2n) is 7.86. The lowest BCUT2D eigenvalue weighted by Gasteiger charge is -2.40. The predicted octanol–water partition coefficient (Wildman–Crippen LogP) is 3.44. The Morgan fingerprint density at radius 1 is 1.04 bits per heavy atom. The van der Waals surface area contributed by atoms with Gasteiger partial charge in [0.15, 0.2) is 5.78 Å². The number of phenolic OH excluding ortho intramolecular Hbond substituents is 1. The molecule has 0 aliphatic carbocycles. The monoisotopic (exact) mass is 337 g/mol. The van der Waals surface area contributed by atoms with Crippen molar-refractivity contribution in [3.8, 4) is 5.75 Å². The number of Topliss-reactive ketones (excluding diaryl/α,β-unsaturated/α-hetero) is 1. The van der Waals surface area contributed by atoms with E-state index in [1.165, 1.54) is 24.3 Å². The minimum Gasteiger partial charge on any atom is -0.508 e. The number of hydrogen-bond donors (Lipinski definition) is 3. The lowest BCUT2D eigenvalue weighted by atomic mass is 9.81. The Morgan fingerprint density at radius 3 is 1.92 bits per heavy atom. The molecule has 3 N–H and O–H groups in total. The summed E-state index contributed by atoms with van der Waals surface area (Å²) < 4.78 is 6.04. The molecule has 0 saturated carbocycles. The van der Waals surface area contributed by atoms with E-state index in [0.29, 0.717) is 5.56 Å². The van der Waals surface area contributed by atoms with E-state index >= 15 is 0 Å². The van der Waals surface area contributed by atoms with Crippen LogP contribution in [0.2, 0.25) is 0 Å². The van der Waals surface area contributed by atoms with Crippen LogP contribution in [-0.4, -0.2) is 39.8 Å². The van der Waals surface area contributed by atoms with Crippen molar-refractivity contribution in [2.45, 2.75) is 59.3 Å². The molecule has 0 bridgehead atoms. The first-order valence-corrected chi connectivity index (χ1v) is 7.82. The fourth-order valence-corrected chi connectivity index (χ4v) is 2.34. The molecule has 1 aromatic carbocycles. The van der Waals surface area contributed by atoms with Gasteiger partial charge in [0.1, 0.15) is 11.8 Å². The maximum Gasteiger partial charge on any atom is 0.405 e. The van der Waals surface area contributed by atoms with Crippen LogP contribution in [0.4, 0.5) is 4.79 Å². The van der Waals surface area contributed by atoms with E-state index in [0.717, 1.165) is 0 Å². The topological polar surface area (TPSA) is 95.9 Å². The lowest BCUT2D eigenvalue weighted by Crippen LogP contribution is -2.56. The Hall–Kier alpha value is -2.08. The van der Waals surface area contributed by atoms with Crippen LogP contribution in [0.1, 0.15) is 51.9 Å². The van der Waals surface area contributed by atoms with E-state index in [-0.39, 0.29) is 5.75 Å². The van der Waals surface area contributed by atoms with Crippen LogP contribution < -0.4 is 5.32 Å². The summed E-state index contributed by atoms with van der Waals surface area (Å²) in [6, 6.07) is 4.64. The molecule has 0 aliphatic rings. The second-order valence-corrected chi connectivity index (χ2v) is 7.86. The normalized spacial score (nSPS) is 14.8. The van der Waals surface area contributed by atoms with Gasteiger partial charge in [0.2, 0.25) is 0 Å². The van der Waals surface area contributed by atoms with Gasteiger partial charge in [0.25, 0.3) is 0 Å². The number of phenols is 1. The summed E-state index contributed by atoms with van der Waals surface area (Å²) in [4.78, 5) is 24.1. The average molecular weight is 337 g/mol. The number of carbonyl (C=O) groups excluding carboxylic acids is 1. The van der Waals surface area contributed by atoms with Crippen LogP contribution in [0.25, 0.3) is 0 Å². The van der Waals surface area contributed by atoms with Gasteiger partial charge < -0.3 is 20.3 Å². The average Bonchev–Trinajstić information content (AvgIpc) is 2.40. The molecule has 0 aromatic heterocycles.